The molecule has 19 heavy (non-hydrogen) atoms. The largest absolute Gasteiger partial charge is 0.494 e. The van der Waals surface area contributed by atoms with Gasteiger partial charge in [0.2, 0.25) is 5.91 Å². The summed E-state index contributed by atoms with van der Waals surface area (Å²) in [5, 5.41) is 2.97. The van der Waals surface area contributed by atoms with Crippen molar-refractivity contribution >= 4 is 5.91 Å². The molecule has 2 unspecified atom stereocenters. The third-order valence-corrected chi connectivity index (χ3v) is 2.90. The smallest absolute Gasteiger partial charge is 0.220 e. The van der Waals surface area contributed by atoms with Crippen molar-refractivity contribution in [1.82, 2.24) is 5.32 Å². The zero-order valence-corrected chi connectivity index (χ0v) is 12.0. The summed E-state index contributed by atoms with van der Waals surface area (Å²) in [6.07, 6.45) is 1.18. The predicted molar refractivity (Wildman–Crippen MR) is 77.1 cm³/mol. The van der Waals surface area contributed by atoms with E-state index in [2.05, 4.69) is 5.32 Å². The Morgan fingerprint density at radius 2 is 1.95 bits per heavy atom. The van der Waals surface area contributed by atoms with Crippen LogP contribution in [0.2, 0.25) is 0 Å². The molecular weight excluding hydrogens is 240 g/mol. The van der Waals surface area contributed by atoms with Gasteiger partial charge in [0.25, 0.3) is 0 Å². The highest BCUT2D eigenvalue weighted by molar-refractivity contribution is 5.76. The van der Waals surface area contributed by atoms with Crippen molar-refractivity contribution in [2.24, 2.45) is 5.73 Å². The SMILES string of the molecule is CCOc1ccc(C(C)NC(=O)CCC(C)N)cc1. The number of carbonyl (C=O) groups excluding carboxylic acids is 1. The van der Waals surface area contributed by atoms with E-state index >= 15 is 0 Å². The maximum Gasteiger partial charge on any atom is 0.220 e. The number of amides is 1. The highest BCUT2D eigenvalue weighted by Gasteiger charge is 2.10. The van der Waals surface area contributed by atoms with Crippen molar-refractivity contribution in [2.45, 2.75) is 45.7 Å². The lowest BCUT2D eigenvalue weighted by molar-refractivity contribution is -0.121. The molecule has 0 heterocycles. The van der Waals surface area contributed by atoms with E-state index in [1.165, 1.54) is 0 Å². The Kier molecular flexibility index (Phi) is 6.36. The Labute approximate surface area is 115 Å². The second-order valence-corrected chi connectivity index (χ2v) is 4.81. The molecule has 0 radical (unpaired) electrons. The monoisotopic (exact) mass is 264 g/mol. The number of benzene rings is 1. The predicted octanol–water partition coefficient (Wildman–Crippen LogP) is 2.39. The van der Waals surface area contributed by atoms with Gasteiger partial charge in [-0.2, -0.15) is 0 Å². The van der Waals surface area contributed by atoms with E-state index < -0.39 is 0 Å². The molecule has 3 N–H and O–H groups in total. The van der Waals surface area contributed by atoms with Gasteiger partial charge in [-0.15, -0.1) is 0 Å². The van der Waals surface area contributed by atoms with Crippen LogP contribution in [0.4, 0.5) is 0 Å². The summed E-state index contributed by atoms with van der Waals surface area (Å²) in [6, 6.07) is 7.85. The summed E-state index contributed by atoms with van der Waals surface area (Å²) in [6.45, 7) is 6.49. The minimum atomic E-state index is -0.00347. The standard InChI is InChI=1S/C15H24N2O2/c1-4-19-14-8-6-13(7-9-14)12(3)17-15(18)10-5-11(2)16/h6-9,11-12H,4-5,10,16H2,1-3H3,(H,17,18). The van der Waals surface area contributed by atoms with Gasteiger partial charge in [-0.05, 0) is 44.9 Å². The van der Waals surface area contributed by atoms with E-state index in [4.69, 9.17) is 10.5 Å². The maximum atomic E-state index is 11.7. The molecule has 0 saturated carbocycles. The topological polar surface area (TPSA) is 64.3 Å². The summed E-state index contributed by atoms with van der Waals surface area (Å²) in [4.78, 5) is 11.7. The molecule has 0 bridgehead atoms. The average molecular weight is 264 g/mol. The molecule has 0 aliphatic rings. The van der Waals surface area contributed by atoms with Crippen LogP contribution < -0.4 is 15.8 Å². The van der Waals surface area contributed by atoms with Gasteiger partial charge in [-0.25, -0.2) is 0 Å². The van der Waals surface area contributed by atoms with Gasteiger partial charge in [0.05, 0.1) is 12.6 Å². The van der Waals surface area contributed by atoms with Gasteiger partial charge in [0, 0.05) is 12.5 Å². The number of nitrogens with two attached hydrogens (primary N) is 1. The quantitative estimate of drug-likeness (QED) is 0.794. The van der Waals surface area contributed by atoms with Crippen molar-refractivity contribution in [3.8, 4) is 5.75 Å². The molecule has 1 rings (SSSR count). The average Bonchev–Trinajstić information content (AvgIpc) is 2.37. The van der Waals surface area contributed by atoms with E-state index in [1.54, 1.807) is 0 Å². The fourth-order valence-corrected chi connectivity index (χ4v) is 1.78. The molecule has 0 aliphatic carbocycles. The van der Waals surface area contributed by atoms with Crippen LogP contribution in [-0.4, -0.2) is 18.6 Å². The maximum absolute atomic E-state index is 11.7. The molecule has 4 heteroatoms. The minimum Gasteiger partial charge on any atom is -0.494 e. The molecule has 0 aliphatic heterocycles. The number of rotatable bonds is 7. The van der Waals surface area contributed by atoms with Gasteiger partial charge < -0.3 is 15.8 Å². The first-order chi connectivity index (χ1) is 9.02. The van der Waals surface area contributed by atoms with Crippen molar-refractivity contribution < 1.29 is 9.53 Å². The summed E-state index contributed by atoms with van der Waals surface area (Å²) < 4.78 is 5.39. The zero-order valence-electron chi connectivity index (χ0n) is 12.0. The first-order valence-electron chi connectivity index (χ1n) is 6.80. The van der Waals surface area contributed by atoms with E-state index in [-0.39, 0.29) is 18.0 Å². The summed E-state index contributed by atoms with van der Waals surface area (Å²) >= 11 is 0. The molecule has 1 aromatic carbocycles. The van der Waals surface area contributed by atoms with Crippen LogP contribution >= 0.6 is 0 Å². The van der Waals surface area contributed by atoms with Crippen LogP contribution in [0.15, 0.2) is 24.3 Å². The fourth-order valence-electron chi connectivity index (χ4n) is 1.78. The van der Waals surface area contributed by atoms with Crippen LogP contribution in [0.25, 0.3) is 0 Å². The van der Waals surface area contributed by atoms with E-state index in [1.807, 2.05) is 45.0 Å². The fraction of sp³-hybridized carbons (Fsp3) is 0.533. The molecular formula is C15H24N2O2. The highest BCUT2D eigenvalue weighted by atomic mass is 16.5. The minimum absolute atomic E-state index is 0.00347. The molecule has 106 valence electrons. The van der Waals surface area contributed by atoms with Crippen LogP contribution in [0.5, 0.6) is 5.75 Å². The van der Waals surface area contributed by atoms with Crippen molar-refractivity contribution in [2.75, 3.05) is 6.61 Å². The lowest BCUT2D eigenvalue weighted by Crippen LogP contribution is -2.28. The molecule has 0 saturated heterocycles. The number of hydrogen-bond acceptors (Lipinski definition) is 3. The zero-order chi connectivity index (χ0) is 14.3. The number of hydrogen-bond donors (Lipinski definition) is 2. The molecule has 1 aromatic rings. The molecule has 0 spiro atoms. The van der Waals surface area contributed by atoms with Crippen LogP contribution in [0.1, 0.15) is 45.2 Å². The van der Waals surface area contributed by atoms with Gasteiger partial charge >= 0.3 is 0 Å². The van der Waals surface area contributed by atoms with Crippen molar-refractivity contribution in [3.63, 3.8) is 0 Å². The third kappa shape index (κ3) is 5.75. The Hall–Kier alpha value is -1.55. The first kappa shape index (κ1) is 15.5. The van der Waals surface area contributed by atoms with Crippen LogP contribution in [0, 0.1) is 0 Å². The third-order valence-electron chi connectivity index (χ3n) is 2.90. The van der Waals surface area contributed by atoms with E-state index in [9.17, 15) is 4.79 Å². The molecule has 0 aromatic heterocycles. The normalized spacial score (nSPS) is 13.7. The lowest BCUT2D eigenvalue weighted by Gasteiger charge is -2.15. The lowest BCUT2D eigenvalue weighted by atomic mass is 10.1. The summed E-state index contributed by atoms with van der Waals surface area (Å²) in [5.41, 5.74) is 6.70. The van der Waals surface area contributed by atoms with Gasteiger partial charge in [-0.1, -0.05) is 12.1 Å². The van der Waals surface area contributed by atoms with Gasteiger partial charge in [0.1, 0.15) is 5.75 Å². The molecule has 1 amide bonds. The summed E-state index contributed by atoms with van der Waals surface area (Å²) in [7, 11) is 0. The number of carbonyl (C=O) groups is 1. The molecule has 2 atom stereocenters. The second kappa shape index (κ2) is 7.79. The van der Waals surface area contributed by atoms with Crippen LogP contribution in [-0.2, 0) is 4.79 Å². The Morgan fingerprint density at radius 3 is 2.47 bits per heavy atom. The summed E-state index contributed by atoms with van der Waals surface area (Å²) in [5.74, 6) is 0.889. The van der Waals surface area contributed by atoms with Gasteiger partial charge in [0.15, 0.2) is 0 Å². The van der Waals surface area contributed by atoms with Crippen molar-refractivity contribution in [3.05, 3.63) is 29.8 Å². The number of ether oxygens (including phenoxy) is 1. The van der Waals surface area contributed by atoms with E-state index in [0.717, 1.165) is 11.3 Å². The van der Waals surface area contributed by atoms with Gasteiger partial charge in [-0.3, -0.25) is 4.79 Å². The van der Waals surface area contributed by atoms with E-state index in [0.29, 0.717) is 19.4 Å². The second-order valence-electron chi connectivity index (χ2n) is 4.81. The van der Waals surface area contributed by atoms with Crippen molar-refractivity contribution in [1.29, 1.82) is 0 Å². The molecule has 0 fully saturated rings. The molecule has 4 nitrogen and oxygen atoms in total. The Morgan fingerprint density at radius 1 is 1.32 bits per heavy atom. The Balaban J connectivity index is 2.48. The highest BCUT2D eigenvalue weighted by Crippen LogP contribution is 2.17. The Bertz CT molecular complexity index is 388. The number of nitrogens with one attached hydrogen (secondary N) is 1. The van der Waals surface area contributed by atoms with Crippen LogP contribution in [0.3, 0.4) is 0 Å². The first-order valence-corrected chi connectivity index (χ1v) is 6.80.